The maximum Gasteiger partial charge on any atom is 0.244 e. The number of carbonyl (C=O) groups is 1. The predicted molar refractivity (Wildman–Crippen MR) is 94.5 cm³/mol. The van der Waals surface area contributed by atoms with Gasteiger partial charge in [0.2, 0.25) is 15.9 Å². The second-order valence-electron chi connectivity index (χ2n) is 5.99. The summed E-state index contributed by atoms with van der Waals surface area (Å²) in [6.45, 7) is 6.03. The number of halogens is 1. The monoisotopic (exact) mass is 373 g/mol. The molecule has 0 spiro atoms. The fourth-order valence-corrected chi connectivity index (χ4v) is 4.46. The molecule has 1 amide bonds. The normalized spacial score (nSPS) is 18.3. The maximum absolute atomic E-state index is 12.7. The third-order valence-electron chi connectivity index (χ3n) is 4.17. The number of carbonyl (C=O) groups excluding carboxylic acids is 1. The molecule has 1 heterocycles. The van der Waals surface area contributed by atoms with Crippen molar-refractivity contribution >= 4 is 27.5 Å². The van der Waals surface area contributed by atoms with E-state index in [1.165, 1.54) is 10.4 Å². The molecular weight excluding hydrogens is 350 g/mol. The van der Waals surface area contributed by atoms with E-state index in [0.717, 1.165) is 6.42 Å². The number of rotatable bonds is 6. The van der Waals surface area contributed by atoms with Gasteiger partial charge < -0.3 is 5.32 Å². The van der Waals surface area contributed by atoms with Gasteiger partial charge in [-0.05, 0) is 25.5 Å². The highest BCUT2D eigenvalue weighted by Gasteiger charge is 2.30. The summed E-state index contributed by atoms with van der Waals surface area (Å²) in [6.07, 6.45) is 0.885. The van der Waals surface area contributed by atoms with Crippen molar-refractivity contribution in [3.63, 3.8) is 0 Å². The molecule has 1 fully saturated rings. The van der Waals surface area contributed by atoms with Crippen LogP contribution in [-0.4, -0.2) is 62.3 Å². The second-order valence-corrected chi connectivity index (χ2v) is 8.30. The van der Waals surface area contributed by atoms with Crippen LogP contribution in [0, 0.1) is 0 Å². The number of nitrogens with one attached hydrogen (secondary N) is 1. The first kappa shape index (κ1) is 19.2. The molecule has 1 aromatic carbocycles. The zero-order valence-electron chi connectivity index (χ0n) is 14.0. The lowest BCUT2D eigenvalue weighted by Gasteiger charge is -2.33. The summed E-state index contributed by atoms with van der Waals surface area (Å²) in [5, 5.41) is 3.15. The van der Waals surface area contributed by atoms with E-state index in [9.17, 15) is 13.2 Å². The Bertz CT molecular complexity index is 673. The minimum absolute atomic E-state index is 0.0215. The zero-order valence-corrected chi connectivity index (χ0v) is 15.6. The van der Waals surface area contributed by atoms with Crippen LogP contribution < -0.4 is 5.32 Å². The van der Waals surface area contributed by atoms with E-state index in [2.05, 4.69) is 5.32 Å². The molecule has 1 unspecified atom stereocenters. The molecule has 0 radical (unpaired) electrons. The van der Waals surface area contributed by atoms with Gasteiger partial charge in [0.15, 0.2) is 0 Å². The number of amides is 1. The molecule has 8 heteroatoms. The highest BCUT2D eigenvalue weighted by atomic mass is 35.5. The minimum atomic E-state index is -3.59. The molecule has 6 nitrogen and oxygen atoms in total. The van der Waals surface area contributed by atoms with Gasteiger partial charge in [-0.15, -0.1) is 0 Å². The predicted octanol–water partition coefficient (Wildman–Crippen LogP) is 1.56. The fourth-order valence-electron chi connectivity index (χ4n) is 2.55. The van der Waals surface area contributed by atoms with Crippen molar-refractivity contribution in [1.82, 2.24) is 14.5 Å². The molecule has 1 aromatic rings. The number of sulfonamides is 1. The molecule has 1 saturated heterocycles. The molecule has 2 rings (SSSR count). The van der Waals surface area contributed by atoms with Gasteiger partial charge in [0.05, 0.1) is 11.6 Å². The van der Waals surface area contributed by atoms with Gasteiger partial charge in [0, 0.05) is 32.2 Å². The van der Waals surface area contributed by atoms with Crippen LogP contribution in [-0.2, 0) is 14.8 Å². The van der Waals surface area contributed by atoms with E-state index < -0.39 is 10.0 Å². The molecule has 1 atom stereocenters. The quantitative estimate of drug-likeness (QED) is 0.821. The Kier molecular flexibility index (Phi) is 6.62. The van der Waals surface area contributed by atoms with Crippen LogP contribution in [0.25, 0.3) is 0 Å². The van der Waals surface area contributed by atoms with E-state index in [4.69, 9.17) is 11.6 Å². The lowest BCUT2D eigenvalue weighted by molar-refractivity contribution is -0.123. The standard InChI is InChI=1S/C16H24ClN3O3S/c1-3-13(2)18-16(21)12-19-8-10-20(11-9-19)24(22,23)15-7-5-4-6-14(15)17/h4-7,13H,3,8-12H2,1-2H3,(H,18,21). The Hall–Kier alpha value is -1.15. The average Bonchev–Trinajstić information content (AvgIpc) is 2.55. The first-order valence-electron chi connectivity index (χ1n) is 8.11. The minimum Gasteiger partial charge on any atom is -0.353 e. The number of hydrogen-bond acceptors (Lipinski definition) is 4. The van der Waals surface area contributed by atoms with Crippen LogP contribution in [0.2, 0.25) is 5.02 Å². The van der Waals surface area contributed by atoms with Gasteiger partial charge in [0.1, 0.15) is 4.90 Å². The van der Waals surface area contributed by atoms with Gasteiger partial charge in [-0.3, -0.25) is 9.69 Å². The van der Waals surface area contributed by atoms with E-state index in [1.807, 2.05) is 18.7 Å². The van der Waals surface area contributed by atoms with Crippen LogP contribution in [0.3, 0.4) is 0 Å². The molecule has 1 aliphatic heterocycles. The summed E-state index contributed by atoms with van der Waals surface area (Å²) < 4.78 is 26.8. The fraction of sp³-hybridized carbons (Fsp3) is 0.562. The van der Waals surface area contributed by atoms with Crippen molar-refractivity contribution in [2.45, 2.75) is 31.2 Å². The number of benzene rings is 1. The van der Waals surface area contributed by atoms with Gasteiger partial charge in [-0.25, -0.2) is 8.42 Å². The number of nitrogens with zero attached hydrogens (tertiary/aromatic N) is 2. The maximum atomic E-state index is 12.7. The van der Waals surface area contributed by atoms with Crippen molar-refractivity contribution in [3.8, 4) is 0 Å². The summed E-state index contributed by atoms with van der Waals surface area (Å²) in [6, 6.07) is 6.61. The van der Waals surface area contributed by atoms with Crippen LogP contribution in [0.15, 0.2) is 29.2 Å². The summed E-state index contributed by atoms with van der Waals surface area (Å²) in [7, 11) is -3.59. The highest BCUT2D eigenvalue weighted by molar-refractivity contribution is 7.89. The molecule has 0 aromatic heterocycles. The summed E-state index contributed by atoms with van der Waals surface area (Å²) in [5.41, 5.74) is 0. The Morgan fingerprint density at radius 2 is 1.88 bits per heavy atom. The molecule has 0 aliphatic carbocycles. The van der Waals surface area contributed by atoms with Crippen LogP contribution >= 0.6 is 11.6 Å². The zero-order chi connectivity index (χ0) is 17.7. The SMILES string of the molecule is CCC(C)NC(=O)CN1CCN(S(=O)(=O)c2ccccc2Cl)CC1. The van der Waals surface area contributed by atoms with Gasteiger partial charge in [0.25, 0.3) is 0 Å². The lowest BCUT2D eigenvalue weighted by Crippen LogP contribution is -2.51. The Morgan fingerprint density at radius 3 is 2.46 bits per heavy atom. The van der Waals surface area contributed by atoms with E-state index >= 15 is 0 Å². The van der Waals surface area contributed by atoms with Crippen LogP contribution in [0.1, 0.15) is 20.3 Å². The molecule has 1 aliphatic rings. The van der Waals surface area contributed by atoms with Crippen molar-refractivity contribution in [2.75, 3.05) is 32.7 Å². The van der Waals surface area contributed by atoms with Crippen molar-refractivity contribution in [1.29, 1.82) is 0 Å². The summed E-state index contributed by atoms with van der Waals surface area (Å²) in [4.78, 5) is 14.0. The van der Waals surface area contributed by atoms with Crippen molar-refractivity contribution in [2.24, 2.45) is 0 Å². The van der Waals surface area contributed by atoms with E-state index in [0.29, 0.717) is 32.7 Å². The lowest BCUT2D eigenvalue weighted by atomic mass is 10.2. The summed E-state index contributed by atoms with van der Waals surface area (Å²) in [5.74, 6) is -0.0215. The molecule has 24 heavy (non-hydrogen) atoms. The molecule has 0 bridgehead atoms. The van der Waals surface area contributed by atoms with Gasteiger partial charge >= 0.3 is 0 Å². The van der Waals surface area contributed by atoms with Crippen LogP contribution in [0.5, 0.6) is 0 Å². The Balaban J connectivity index is 1.93. The number of piperazine rings is 1. The molecule has 0 saturated carbocycles. The first-order chi connectivity index (χ1) is 11.3. The first-order valence-corrected chi connectivity index (χ1v) is 9.92. The Morgan fingerprint density at radius 1 is 1.25 bits per heavy atom. The van der Waals surface area contributed by atoms with Crippen molar-refractivity contribution in [3.05, 3.63) is 29.3 Å². The van der Waals surface area contributed by atoms with Crippen LogP contribution in [0.4, 0.5) is 0 Å². The Labute approximate surface area is 148 Å². The highest BCUT2D eigenvalue weighted by Crippen LogP contribution is 2.24. The van der Waals surface area contributed by atoms with Gasteiger partial charge in [-0.2, -0.15) is 4.31 Å². The summed E-state index contributed by atoms with van der Waals surface area (Å²) >= 11 is 6.02. The van der Waals surface area contributed by atoms with E-state index in [1.54, 1.807) is 18.2 Å². The number of hydrogen-bond donors (Lipinski definition) is 1. The van der Waals surface area contributed by atoms with Gasteiger partial charge in [-0.1, -0.05) is 30.7 Å². The molecular formula is C16H24ClN3O3S. The average molecular weight is 374 g/mol. The smallest absolute Gasteiger partial charge is 0.244 e. The third kappa shape index (κ3) is 4.69. The van der Waals surface area contributed by atoms with Crippen molar-refractivity contribution < 1.29 is 13.2 Å². The topological polar surface area (TPSA) is 69.7 Å². The molecule has 1 N–H and O–H groups in total. The largest absolute Gasteiger partial charge is 0.353 e. The molecule has 134 valence electrons. The third-order valence-corrected chi connectivity index (χ3v) is 6.57. The second kappa shape index (κ2) is 8.29. The van der Waals surface area contributed by atoms with E-state index in [-0.39, 0.29) is 21.9 Å².